The smallest absolute Gasteiger partial charge is 0.222 e. The Morgan fingerprint density at radius 3 is 2.43 bits per heavy atom. The zero-order valence-electron chi connectivity index (χ0n) is 9.80. The van der Waals surface area contributed by atoms with E-state index in [2.05, 4.69) is 24.1 Å². The van der Waals surface area contributed by atoms with Crippen molar-refractivity contribution in [2.75, 3.05) is 25.8 Å². The van der Waals surface area contributed by atoms with E-state index in [9.17, 15) is 4.79 Å². The van der Waals surface area contributed by atoms with Crippen molar-refractivity contribution in [2.24, 2.45) is 5.92 Å². The molecule has 0 aromatic carbocycles. The summed E-state index contributed by atoms with van der Waals surface area (Å²) < 4.78 is 0. The molecule has 14 heavy (non-hydrogen) atoms. The second-order valence-electron chi connectivity index (χ2n) is 5.03. The molecule has 1 saturated carbocycles. The topological polar surface area (TPSA) is 29.1 Å². The molecule has 1 fully saturated rings. The molecule has 0 heterocycles. The summed E-state index contributed by atoms with van der Waals surface area (Å²) in [6.45, 7) is 0. The lowest BCUT2D eigenvalue weighted by atomic mass is 9.88. The third kappa shape index (κ3) is 2.91. The predicted molar refractivity (Wildman–Crippen MR) is 65.2 cm³/mol. The van der Waals surface area contributed by atoms with Gasteiger partial charge in [0.1, 0.15) is 0 Å². The molecule has 1 aliphatic carbocycles. The molecule has 0 aliphatic heterocycles. The lowest BCUT2D eigenvalue weighted by molar-refractivity contribution is -0.125. The van der Waals surface area contributed by atoms with Crippen molar-refractivity contribution >= 4 is 15.9 Å². The van der Waals surface area contributed by atoms with Gasteiger partial charge in [0, 0.05) is 13.0 Å². The van der Waals surface area contributed by atoms with Gasteiger partial charge >= 0.3 is 0 Å². The molecular weight excluding hydrogens is 194 g/mol. The highest BCUT2D eigenvalue weighted by Crippen LogP contribution is 2.48. The molecule has 1 N–H and O–H groups in total. The first-order valence-electron chi connectivity index (χ1n) is 5.34. The zero-order chi connectivity index (χ0) is 10.8. The second kappa shape index (κ2) is 4.56. The molecule has 3 heteroatoms. The van der Waals surface area contributed by atoms with Crippen molar-refractivity contribution in [3.63, 3.8) is 0 Å². The highest BCUT2D eigenvalue weighted by molar-refractivity contribution is 8.32. The Bertz CT molecular complexity index is 210. The molecule has 1 amide bonds. The summed E-state index contributed by atoms with van der Waals surface area (Å²) in [6, 6.07) is 0. The van der Waals surface area contributed by atoms with E-state index in [4.69, 9.17) is 0 Å². The van der Waals surface area contributed by atoms with Gasteiger partial charge in [0.25, 0.3) is 0 Å². The minimum Gasteiger partial charge on any atom is -0.359 e. The lowest BCUT2D eigenvalue weighted by Gasteiger charge is -2.41. The van der Waals surface area contributed by atoms with E-state index < -0.39 is 10.0 Å². The highest BCUT2D eigenvalue weighted by Gasteiger charge is 2.30. The number of nitrogens with one attached hydrogen (secondary N) is 1. The first-order chi connectivity index (χ1) is 6.45. The first-order valence-corrected chi connectivity index (χ1v) is 8.26. The van der Waals surface area contributed by atoms with E-state index in [1.807, 2.05) is 0 Å². The van der Waals surface area contributed by atoms with Gasteiger partial charge in [0.2, 0.25) is 5.91 Å². The van der Waals surface area contributed by atoms with Gasteiger partial charge in [-0.1, -0.05) is 6.42 Å². The van der Waals surface area contributed by atoms with Crippen LogP contribution < -0.4 is 5.32 Å². The maximum absolute atomic E-state index is 11.5. The normalized spacial score (nSPS) is 29.7. The van der Waals surface area contributed by atoms with Crippen LogP contribution in [-0.2, 0) is 4.79 Å². The van der Waals surface area contributed by atoms with E-state index in [-0.39, 0.29) is 11.8 Å². The van der Waals surface area contributed by atoms with E-state index in [1.165, 1.54) is 12.8 Å². The highest BCUT2D eigenvalue weighted by atomic mass is 32.3. The van der Waals surface area contributed by atoms with E-state index in [0.29, 0.717) is 0 Å². The number of rotatable bonds is 2. The van der Waals surface area contributed by atoms with Gasteiger partial charge in [-0.15, -0.1) is 0 Å². The Kier molecular flexibility index (Phi) is 3.87. The van der Waals surface area contributed by atoms with Crippen molar-refractivity contribution in [1.82, 2.24) is 5.32 Å². The lowest BCUT2D eigenvalue weighted by Crippen LogP contribution is -2.34. The number of amides is 1. The van der Waals surface area contributed by atoms with Gasteiger partial charge in [-0.05, 0) is 43.3 Å². The summed E-state index contributed by atoms with van der Waals surface area (Å²) in [5.74, 6) is 0.531. The molecule has 0 unspecified atom stereocenters. The molecule has 84 valence electrons. The minimum absolute atomic E-state index is 0.248. The predicted octanol–water partition coefficient (Wildman–Crippen LogP) is 1.99. The number of carbonyl (C=O) groups is 1. The number of hydrogen-bond acceptors (Lipinski definition) is 1. The van der Waals surface area contributed by atoms with Crippen molar-refractivity contribution in [3.05, 3.63) is 0 Å². The summed E-state index contributed by atoms with van der Waals surface area (Å²) in [4.78, 5) is 11.5. The van der Waals surface area contributed by atoms with E-state index in [1.54, 1.807) is 7.05 Å². The largest absolute Gasteiger partial charge is 0.359 e. The summed E-state index contributed by atoms with van der Waals surface area (Å²) in [6.07, 6.45) is 11.8. The monoisotopic (exact) mass is 217 g/mol. The van der Waals surface area contributed by atoms with Crippen LogP contribution in [0.2, 0.25) is 0 Å². The standard InChI is InChI=1S/C11H23NOS/c1-12-11(13)9-6-5-7-10(8-9)14(2,3)4/h9-10H,5-8H2,1-4H3,(H,12,13)/t9-,10-/m0/s1. The molecule has 0 radical (unpaired) electrons. The van der Waals surface area contributed by atoms with Crippen LogP contribution in [0, 0.1) is 5.92 Å². The molecule has 0 aromatic heterocycles. The average molecular weight is 217 g/mol. The van der Waals surface area contributed by atoms with Gasteiger partial charge in [0.15, 0.2) is 0 Å². The summed E-state index contributed by atoms with van der Waals surface area (Å²) in [7, 11) is 1.27. The molecule has 0 bridgehead atoms. The third-order valence-electron chi connectivity index (χ3n) is 3.24. The third-order valence-corrected chi connectivity index (χ3v) is 5.67. The number of carbonyl (C=O) groups excluding carboxylic acids is 1. The molecule has 1 aliphatic rings. The fourth-order valence-corrected chi connectivity index (χ4v) is 3.91. The first kappa shape index (κ1) is 11.9. The van der Waals surface area contributed by atoms with Crippen LogP contribution in [0.25, 0.3) is 0 Å². The fourth-order valence-electron chi connectivity index (χ4n) is 2.23. The molecule has 1 rings (SSSR count). The molecule has 0 aromatic rings. The maximum Gasteiger partial charge on any atom is 0.222 e. The molecule has 0 spiro atoms. The van der Waals surface area contributed by atoms with Crippen LogP contribution in [0.15, 0.2) is 0 Å². The summed E-state index contributed by atoms with van der Waals surface area (Å²) >= 11 is 0. The van der Waals surface area contributed by atoms with Crippen LogP contribution >= 0.6 is 10.0 Å². The fraction of sp³-hybridized carbons (Fsp3) is 0.909. The molecule has 2 atom stereocenters. The Morgan fingerprint density at radius 2 is 1.93 bits per heavy atom. The van der Waals surface area contributed by atoms with Crippen molar-refractivity contribution < 1.29 is 4.79 Å². The Morgan fingerprint density at radius 1 is 1.29 bits per heavy atom. The number of hydrogen-bond donors (Lipinski definition) is 1. The SMILES string of the molecule is CNC(=O)[C@H]1CCC[C@H](S(C)(C)C)C1. The Hall–Kier alpha value is -0.180. The van der Waals surface area contributed by atoms with Gasteiger partial charge in [-0.2, -0.15) is 0 Å². The van der Waals surface area contributed by atoms with Gasteiger partial charge < -0.3 is 5.32 Å². The van der Waals surface area contributed by atoms with Crippen molar-refractivity contribution in [1.29, 1.82) is 0 Å². The quantitative estimate of drug-likeness (QED) is 0.753. The van der Waals surface area contributed by atoms with Crippen LogP contribution in [0.4, 0.5) is 0 Å². The molecule has 0 saturated heterocycles. The molecule has 2 nitrogen and oxygen atoms in total. The molecular formula is C11H23NOS. The van der Waals surface area contributed by atoms with E-state index in [0.717, 1.165) is 18.1 Å². The maximum atomic E-state index is 11.5. The Labute approximate surface area is 89.2 Å². The van der Waals surface area contributed by atoms with Gasteiger partial charge in [-0.25, -0.2) is 10.0 Å². The van der Waals surface area contributed by atoms with Crippen LogP contribution in [-0.4, -0.2) is 37.0 Å². The zero-order valence-corrected chi connectivity index (χ0v) is 10.6. The van der Waals surface area contributed by atoms with Crippen LogP contribution in [0.5, 0.6) is 0 Å². The average Bonchev–Trinajstić information content (AvgIpc) is 2.15. The minimum atomic E-state index is -0.481. The van der Waals surface area contributed by atoms with Crippen LogP contribution in [0.1, 0.15) is 25.7 Å². The van der Waals surface area contributed by atoms with Gasteiger partial charge in [0.05, 0.1) is 0 Å². The summed E-state index contributed by atoms with van der Waals surface area (Å²) in [5, 5.41) is 3.57. The Balaban J connectivity index is 2.56. The second-order valence-corrected chi connectivity index (χ2v) is 9.56. The van der Waals surface area contributed by atoms with Crippen molar-refractivity contribution in [2.45, 2.75) is 30.9 Å². The summed E-state index contributed by atoms with van der Waals surface area (Å²) in [5.41, 5.74) is 0. The van der Waals surface area contributed by atoms with Crippen molar-refractivity contribution in [3.8, 4) is 0 Å². The van der Waals surface area contributed by atoms with Crippen LogP contribution in [0.3, 0.4) is 0 Å². The van der Waals surface area contributed by atoms with Gasteiger partial charge in [-0.3, -0.25) is 4.79 Å². The van der Waals surface area contributed by atoms with E-state index >= 15 is 0 Å².